The van der Waals surface area contributed by atoms with E-state index in [9.17, 15) is 17.6 Å². The van der Waals surface area contributed by atoms with Crippen LogP contribution in [-0.2, 0) is 6.42 Å². The number of nitrogens with one attached hydrogen (secondary N) is 1. The molecule has 1 nitrogen and oxygen atoms in total. The Balaban J connectivity index is 2.31. The molecular formula is C15H13F4N. The number of hydrogen-bond acceptors (Lipinski definition) is 1. The largest absolute Gasteiger partial charge is 0.313 e. The van der Waals surface area contributed by atoms with Gasteiger partial charge in [-0.1, -0.05) is 12.1 Å². The van der Waals surface area contributed by atoms with Gasteiger partial charge in [0.15, 0.2) is 11.6 Å². The minimum atomic E-state index is -1.23. The second-order valence-corrected chi connectivity index (χ2v) is 4.46. The molecule has 5 heteroatoms. The number of likely N-dealkylation sites (N-methyl/N-ethyl adjacent to an activating group) is 1. The molecule has 2 rings (SSSR count). The van der Waals surface area contributed by atoms with E-state index in [0.717, 1.165) is 6.07 Å². The van der Waals surface area contributed by atoms with E-state index in [1.54, 1.807) is 19.2 Å². The van der Waals surface area contributed by atoms with Gasteiger partial charge in [0, 0.05) is 17.7 Å². The second kappa shape index (κ2) is 6.05. The Morgan fingerprint density at radius 3 is 2.30 bits per heavy atom. The van der Waals surface area contributed by atoms with Crippen LogP contribution in [0.1, 0.15) is 17.2 Å². The first-order valence-corrected chi connectivity index (χ1v) is 6.07. The lowest BCUT2D eigenvalue weighted by molar-refractivity contribution is 0.474. The summed E-state index contributed by atoms with van der Waals surface area (Å²) in [5.74, 6) is -3.57. The van der Waals surface area contributed by atoms with Crippen molar-refractivity contribution in [1.82, 2.24) is 5.32 Å². The van der Waals surface area contributed by atoms with E-state index in [1.165, 1.54) is 12.1 Å². The van der Waals surface area contributed by atoms with E-state index < -0.39 is 29.3 Å². The Morgan fingerprint density at radius 1 is 0.950 bits per heavy atom. The van der Waals surface area contributed by atoms with Crippen molar-refractivity contribution in [3.05, 3.63) is 70.8 Å². The molecule has 2 aromatic rings. The minimum Gasteiger partial charge on any atom is -0.313 e. The molecule has 106 valence electrons. The van der Waals surface area contributed by atoms with Crippen molar-refractivity contribution in [2.75, 3.05) is 7.05 Å². The molecule has 0 aliphatic rings. The average molecular weight is 283 g/mol. The van der Waals surface area contributed by atoms with Gasteiger partial charge in [0.2, 0.25) is 0 Å². The maximum atomic E-state index is 13.7. The molecular weight excluding hydrogens is 270 g/mol. The first-order chi connectivity index (χ1) is 9.51. The zero-order chi connectivity index (χ0) is 14.7. The molecule has 1 atom stereocenters. The van der Waals surface area contributed by atoms with Gasteiger partial charge in [0.1, 0.15) is 11.6 Å². The standard InChI is InChI=1S/C15H13F4N/c1-20-15(6-9-3-2-4-10(16)5-9)11-7-13(18)14(19)8-12(11)17/h2-5,7-8,15,20H,6H2,1H3. The molecule has 1 N–H and O–H groups in total. The third-order valence-electron chi connectivity index (χ3n) is 3.09. The third kappa shape index (κ3) is 3.17. The van der Waals surface area contributed by atoms with Crippen LogP contribution < -0.4 is 5.32 Å². The van der Waals surface area contributed by atoms with Gasteiger partial charge < -0.3 is 5.32 Å². The normalized spacial score (nSPS) is 12.4. The van der Waals surface area contributed by atoms with Crippen LogP contribution >= 0.6 is 0 Å². The highest BCUT2D eigenvalue weighted by atomic mass is 19.2. The summed E-state index contributed by atoms with van der Waals surface area (Å²) in [5, 5.41) is 2.82. The summed E-state index contributed by atoms with van der Waals surface area (Å²) in [7, 11) is 1.57. The van der Waals surface area contributed by atoms with Crippen LogP contribution in [0.4, 0.5) is 17.6 Å². The van der Waals surface area contributed by atoms with Gasteiger partial charge in [0.05, 0.1) is 0 Å². The topological polar surface area (TPSA) is 12.0 Å². The lowest BCUT2D eigenvalue weighted by Crippen LogP contribution is -2.20. The van der Waals surface area contributed by atoms with E-state index >= 15 is 0 Å². The molecule has 0 aliphatic carbocycles. The lowest BCUT2D eigenvalue weighted by atomic mass is 9.98. The van der Waals surface area contributed by atoms with E-state index in [0.29, 0.717) is 11.6 Å². The first-order valence-electron chi connectivity index (χ1n) is 6.07. The molecule has 0 radical (unpaired) electrons. The van der Waals surface area contributed by atoms with Crippen molar-refractivity contribution in [2.45, 2.75) is 12.5 Å². The number of rotatable bonds is 4. The molecule has 0 amide bonds. The Labute approximate surface area is 114 Å². The Bertz CT molecular complexity index is 613. The van der Waals surface area contributed by atoms with Crippen LogP contribution in [0.15, 0.2) is 36.4 Å². The first kappa shape index (κ1) is 14.5. The van der Waals surface area contributed by atoms with Crippen molar-refractivity contribution in [2.24, 2.45) is 0 Å². The number of benzene rings is 2. The second-order valence-electron chi connectivity index (χ2n) is 4.46. The molecule has 0 aliphatic heterocycles. The number of halogens is 4. The highest BCUT2D eigenvalue weighted by Gasteiger charge is 2.18. The van der Waals surface area contributed by atoms with Crippen molar-refractivity contribution < 1.29 is 17.6 Å². The average Bonchev–Trinajstić information content (AvgIpc) is 2.40. The van der Waals surface area contributed by atoms with Crippen LogP contribution in [0.25, 0.3) is 0 Å². The van der Waals surface area contributed by atoms with Crippen molar-refractivity contribution >= 4 is 0 Å². The molecule has 2 aromatic carbocycles. The SMILES string of the molecule is CNC(Cc1cccc(F)c1)c1cc(F)c(F)cc1F. The third-order valence-corrected chi connectivity index (χ3v) is 3.09. The van der Waals surface area contributed by atoms with Crippen LogP contribution in [-0.4, -0.2) is 7.05 Å². The smallest absolute Gasteiger partial charge is 0.161 e. The summed E-state index contributed by atoms with van der Waals surface area (Å²) in [6, 6.07) is 6.61. The monoisotopic (exact) mass is 283 g/mol. The Hall–Kier alpha value is -1.88. The summed E-state index contributed by atoms with van der Waals surface area (Å²) < 4.78 is 53.0. The molecule has 0 fully saturated rings. The molecule has 0 bridgehead atoms. The Morgan fingerprint density at radius 2 is 1.65 bits per heavy atom. The highest BCUT2D eigenvalue weighted by Crippen LogP contribution is 2.23. The summed E-state index contributed by atoms with van der Waals surface area (Å²) in [6.07, 6.45) is 0.260. The zero-order valence-electron chi connectivity index (χ0n) is 10.8. The van der Waals surface area contributed by atoms with Crippen molar-refractivity contribution in [3.63, 3.8) is 0 Å². The molecule has 0 saturated carbocycles. The maximum absolute atomic E-state index is 13.7. The van der Waals surface area contributed by atoms with Gasteiger partial charge in [0.25, 0.3) is 0 Å². The molecule has 0 aromatic heterocycles. The van der Waals surface area contributed by atoms with E-state index in [4.69, 9.17) is 0 Å². The van der Waals surface area contributed by atoms with Crippen LogP contribution in [0.3, 0.4) is 0 Å². The molecule has 0 spiro atoms. The summed E-state index contributed by atoms with van der Waals surface area (Å²) >= 11 is 0. The van der Waals surface area contributed by atoms with Gasteiger partial charge in [-0.3, -0.25) is 0 Å². The lowest BCUT2D eigenvalue weighted by Gasteiger charge is -2.18. The number of hydrogen-bond donors (Lipinski definition) is 1. The van der Waals surface area contributed by atoms with Gasteiger partial charge in [-0.2, -0.15) is 0 Å². The van der Waals surface area contributed by atoms with Crippen LogP contribution in [0.5, 0.6) is 0 Å². The molecule has 1 unspecified atom stereocenters. The van der Waals surface area contributed by atoms with Gasteiger partial charge in [-0.15, -0.1) is 0 Å². The van der Waals surface area contributed by atoms with Crippen molar-refractivity contribution in [3.8, 4) is 0 Å². The van der Waals surface area contributed by atoms with E-state index in [2.05, 4.69) is 5.32 Å². The predicted octanol–water partition coefficient (Wildman–Crippen LogP) is 3.75. The fourth-order valence-electron chi connectivity index (χ4n) is 2.07. The van der Waals surface area contributed by atoms with Gasteiger partial charge in [-0.05, 0) is 37.2 Å². The summed E-state index contributed by atoms with van der Waals surface area (Å²) in [4.78, 5) is 0. The fraction of sp³-hybridized carbons (Fsp3) is 0.200. The fourth-order valence-corrected chi connectivity index (χ4v) is 2.07. The summed E-state index contributed by atoms with van der Waals surface area (Å²) in [6.45, 7) is 0. The predicted molar refractivity (Wildman–Crippen MR) is 68.2 cm³/mol. The van der Waals surface area contributed by atoms with Gasteiger partial charge in [-0.25, -0.2) is 17.6 Å². The molecule has 0 saturated heterocycles. The van der Waals surface area contributed by atoms with Crippen LogP contribution in [0.2, 0.25) is 0 Å². The maximum Gasteiger partial charge on any atom is 0.161 e. The molecule has 0 heterocycles. The zero-order valence-corrected chi connectivity index (χ0v) is 10.8. The molecule has 20 heavy (non-hydrogen) atoms. The highest BCUT2D eigenvalue weighted by molar-refractivity contribution is 5.26. The van der Waals surface area contributed by atoms with E-state index in [1.807, 2.05) is 0 Å². The Kier molecular flexibility index (Phi) is 4.39. The van der Waals surface area contributed by atoms with Crippen molar-refractivity contribution in [1.29, 1.82) is 0 Å². The minimum absolute atomic E-state index is 0.00987. The summed E-state index contributed by atoms with van der Waals surface area (Å²) in [5.41, 5.74) is 0.643. The van der Waals surface area contributed by atoms with Crippen LogP contribution in [0, 0.1) is 23.3 Å². The quantitative estimate of drug-likeness (QED) is 0.665. The van der Waals surface area contributed by atoms with E-state index in [-0.39, 0.29) is 12.0 Å². The van der Waals surface area contributed by atoms with Gasteiger partial charge >= 0.3 is 0 Å².